The number of unbranched alkanes of at least 4 members (excludes halogenated alkanes) is 37. The lowest BCUT2D eigenvalue weighted by Crippen LogP contribution is -2.30. The standard InChI is InChI=1S/C63H116O5/c1-4-7-10-13-16-19-22-25-28-31-32-34-36-39-42-45-48-51-54-57-63(65)68-61(59-66-58-55-52-49-46-43-40-37-30-27-24-21-18-15-12-9-6-3)60-67-62(64)56-53-50-47-44-41-38-35-33-29-26-23-20-17-14-11-8-5-2/h16,19,25,28,32,34,39,42,61H,4-15,17-18,20-24,26-27,29-31,33,35-38,40-41,43-60H2,1-3H3/b19-16-,28-25-,34-32-,42-39-/t61-/m1/s1. The van der Waals surface area contributed by atoms with E-state index in [4.69, 9.17) is 14.2 Å². The molecule has 0 aliphatic carbocycles. The molecule has 0 saturated heterocycles. The van der Waals surface area contributed by atoms with Crippen LogP contribution in [0.15, 0.2) is 48.6 Å². The molecule has 0 bridgehead atoms. The molecule has 0 aromatic rings. The minimum atomic E-state index is -0.549. The first-order valence-corrected chi connectivity index (χ1v) is 30.2. The van der Waals surface area contributed by atoms with Gasteiger partial charge in [0.2, 0.25) is 0 Å². The molecule has 398 valence electrons. The average molecular weight is 954 g/mol. The van der Waals surface area contributed by atoms with E-state index >= 15 is 0 Å². The van der Waals surface area contributed by atoms with Gasteiger partial charge in [0.25, 0.3) is 0 Å². The van der Waals surface area contributed by atoms with Gasteiger partial charge < -0.3 is 14.2 Å². The van der Waals surface area contributed by atoms with E-state index in [-0.39, 0.29) is 25.2 Å². The van der Waals surface area contributed by atoms with Crippen molar-refractivity contribution in [1.82, 2.24) is 0 Å². The van der Waals surface area contributed by atoms with Crippen LogP contribution in [0.3, 0.4) is 0 Å². The second kappa shape index (κ2) is 59.2. The second-order valence-electron chi connectivity index (χ2n) is 20.3. The molecule has 68 heavy (non-hydrogen) atoms. The van der Waals surface area contributed by atoms with Crippen molar-refractivity contribution >= 4 is 11.9 Å². The van der Waals surface area contributed by atoms with Crippen molar-refractivity contribution in [3.05, 3.63) is 48.6 Å². The summed E-state index contributed by atoms with van der Waals surface area (Å²) >= 11 is 0. The highest BCUT2D eigenvalue weighted by Crippen LogP contribution is 2.17. The van der Waals surface area contributed by atoms with Gasteiger partial charge in [0.15, 0.2) is 6.10 Å². The Kier molecular flexibility index (Phi) is 57.3. The van der Waals surface area contributed by atoms with Gasteiger partial charge in [0.05, 0.1) is 6.61 Å². The molecule has 0 aromatic heterocycles. The highest BCUT2D eigenvalue weighted by atomic mass is 16.6. The van der Waals surface area contributed by atoms with Crippen LogP contribution < -0.4 is 0 Å². The monoisotopic (exact) mass is 953 g/mol. The normalized spacial score (nSPS) is 12.5. The Morgan fingerprint density at radius 2 is 0.618 bits per heavy atom. The maximum atomic E-state index is 12.9. The number of hydrogen-bond donors (Lipinski definition) is 0. The molecular formula is C63H116O5. The molecule has 1 atom stereocenters. The minimum Gasteiger partial charge on any atom is -0.462 e. The van der Waals surface area contributed by atoms with Crippen molar-refractivity contribution in [2.24, 2.45) is 0 Å². The van der Waals surface area contributed by atoms with Crippen LogP contribution in [0.2, 0.25) is 0 Å². The number of carbonyl (C=O) groups is 2. The first-order valence-electron chi connectivity index (χ1n) is 30.2. The number of esters is 2. The lowest BCUT2D eigenvalue weighted by Gasteiger charge is -2.18. The lowest BCUT2D eigenvalue weighted by atomic mass is 10.0. The molecule has 0 amide bonds. The molecule has 0 aliphatic heterocycles. The third-order valence-corrected chi connectivity index (χ3v) is 13.4. The van der Waals surface area contributed by atoms with E-state index in [9.17, 15) is 9.59 Å². The summed E-state index contributed by atoms with van der Waals surface area (Å²) in [5, 5.41) is 0. The van der Waals surface area contributed by atoms with Crippen molar-refractivity contribution in [2.45, 2.75) is 322 Å². The van der Waals surface area contributed by atoms with E-state index in [0.29, 0.717) is 19.4 Å². The molecule has 0 rings (SSSR count). The summed E-state index contributed by atoms with van der Waals surface area (Å²) in [5.74, 6) is -0.412. The summed E-state index contributed by atoms with van der Waals surface area (Å²) in [6.45, 7) is 7.83. The van der Waals surface area contributed by atoms with Crippen molar-refractivity contribution in [3.63, 3.8) is 0 Å². The third-order valence-electron chi connectivity index (χ3n) is 13.4. The minimum absolute atomic E-state index is 0.0779. The summed E-state index contributed by atoms with van der Waals surface area (Å²) < 4.78 is 17.5. The van der Waals surface area contributed by atoms with E-state index in [0.717, 1.165) is 70.6 Å². The molecule has 0 aliphatic rings. The average Bonchev–Trinajstić information content (AvgIpc) is 3.34. The van der Waals surface area contributed by atoms with Crippen LogP contribution in [0, 0.1) is 0 Å². The van der Waals surface area contributed by atoms with Crippen molar-refractivity contribution in [3.8, 4) is 0 Å². The van der Waals surface area contributed by atoms with Crippen molar-refractivity contribution < 1.29 is 23.8 Å². The summed E-state index contributed by atoms with van der Waals surface area (Å²) in [7, 11) is 0. The van der Waals surface area contributed by atoms with Crippen molar-refractivity contribution in [1.29, 1.82) is 0 Å². The van der Waals surface area contributed by atoms with Crippen LogP contribution in [0.4, 0.5) is 0 Å². The SMILES string of the molecule is CCCCC/C=C\C/C=C\C/C=C\C/C=C\CCCCCC(=O)O[C@H](COCCCCCCCCCCCCCCCCCC)COC(=O)CCCCCCCCCCCCCCCCCCC. The van der Waals surface area contributed by atoms with Gasteiger partial charge in [-0.05, 0) is 64.2 Å². The maximum Gasteiger partial charge on any atom is 0.306 e. The first kappa shape index (κ1) is 65.9. The molecule has 0 spiro atoms. The fourth-order valence-corrected chi connectivity index (χ4v) is 8.85. The third kappa shape index (κ3) is 56.4. The van der Waals surface area contributed by atoms with Crippen molar-refractivity contribution in [2.75, 3.05) is 19.8 Å². The summed E-state index contributed by atoms with van der Waals surface area (Å²) in [6.07, 6.45) is 74.2. The smallest absolute Gasteiger partial charge is 0.306 e. The molecule has 0 heterocycles. The number of hydrogen-bond acceptors (Lipinski definition) is 5. The Morgan fingerprint density at radius 1 is 0.324 bits per heavy atom. The predicted octanol–water partition coefficient (Wildman–Crippen LogP) is 20.7. The summed E-state index contributed by atoms with van der Waals surface area (Å²) in [6, 6.07) is 0. The van der Waals surface area contributed by atoms with Crippen LogP contribution in [-0.2, 0) is 23.8 Å². The van der Waals surface area contributed by atoms with Gasteiger partial charge in [-0.1, -0.05) is 288 Å². The molecule has 0 fully saturated rings. The van der Waals surface area contributed by atoms with E-state index < -0.39 is 6.10 Å². The molecular weight excluding hydrogens is 837 g/mol. The Morgan fingerprint density at radius 3 is 1.01 bits per heavy atom. The van der Waals surface area contributed by atoms with Gasteiger partial charge in [-0.15, -0.1) is 0 Å². The lowest BCUT2D eigenvalue weighted by molar-refractivity contribution is -0.163. The largest absolute Gasteiger partial charge is 0.462 e. The zero-order valence-electron chi connectivity index (χ0n) is 45.9. The fourth-order valence-electron chi connectivity index (χ4n) is 8.85. The van der Waals surface area contributed by atoms with Gasteiger partial charge in [-0.3, -0.25) is 9.59 Å². The van der Waals surface area contributed by atoms with Gasteiger partial charge in [-0.25, -0.2) is 0 Å². The van der Waals surface area contributed by atoms with Crippen LogP contribution in [0.25, 0.3) is 0 Å². The second-order valence-corrected chi connectivity index (χ2v) is 20.3. The molecule has 0 N–H and O–H groups in total. The highest BCUT2D eigenvalue weighted by Gasteiger charge is 2.17. The van der Waals surface area contributed by atoms with E-state index in [1.54, 1.807) is 0 Å². The molecule has 0 saturated carbocycles. The van der Waals surface area contributed by atoms with Gasteiger partial charge >= 0.3 is 11.9 Å². The molecule has 5 nitrogen and oxygen atoms in total. The maximum absolute atomic E-state index is 12.9. The van der Waals surface area contributed by atoms with E-state index in [1.807, 2.05) is 0 Å². The molecule has 5 heteroatoms. The Hall–Kier alpha value is -2.14. The summed E-state index contributed by atoms with van der Waals surface area (Å²) in [5.41, 5.74) is 0. The number of carbonyl (C=O) groups excluding carboxylic acids is 2. The number of allylic oxidation sites excluding steroid dienone is 8. The predicted molar refractivity (Wildman–Crippen MR) is 298 cm³/mol. The van der Waals surface area contributed by atoms with Crippen LogP contribution >= 0.6 is 0 Å². The zero-order valence-corrected chi connectivity index (χ0v) is 45.9. The number of rotatable bonds is 56. The highest BCUT2D eigenvalue weighted by molar-refractivity contribution is 5.70. The molecule has 0 aromatic carbocycles. The van der Waals surface area contributed by atoms with Gasteiger partial charge in [0, 0.05) is 19.4 Å². The summed E-state index contributed by atoms with van der Waals surface area (Å²) in [4.78, 5) is 25.5. The number of ether oxygens (including phenoxy) is 3. The van der Waals surface area contributed by atoms with Gasteiger partial charge in [0.1, 0.15) is 6.61 Å². The zero-order chi connectivity index (χ0) is 49.2. The fraction of sp³-hybridized carbons (Fsp3) is 0.841. The van der Waals surface area contributed by atoms with Crippen LogP contribution in [-0.4, -0.2) is 37.9 Å². The van der Waals surface area contributed by atoms with E-state index in [2.05, 4.69) is 69.4 Å². The molecule has 0 unspecified atom stereocenters. The Bertz CT molecular complexity index is 1120. The van der Waals surface area contributed by atoms with Crippen LogP contribution in [0.5, 0.6) is 0 Å². The topological polar surface area (TPSA) is 61.8 Å². The Balaban J connectivity index is 4.30. The first-order chi connectivity index (χ1) is 33.6. The quantitative estimate of drug-likeness (QED) is 0.0345. The van der Waals surface area contributed by atoms with E-state index in [1.165, 1.54) is 212 Å². The Labute approximate surface area is 424 Å². The van der Waals surface area contributed by atoms with Crippen LogP contribution in [0.1, 0.15) is 316 Å². The van der Waals surface area contributed by atoms with Gasteiger partial charge in [-0.2, -0.15) is 0 Å². The molecule has 0 radical (unpaired) electrons.